The van der Waals surface area contributed by atoms with Gasteiger partial charge in [0.1, 0.15) is 23.1 Å². The Kier molecular flexibility index (Phi) is 5.12. The van der Waals surface area contributed by atoms with Crippen LogP contribution in [0.5, 0.6) is 11.5 Å². The zero-order valence-electron chi connectivity index (χ0n) is 13.1. The summed E-state index contributed by atoms with van der Waals surface area (Å²) in [6, 6.07) is 7.37. The summed E-state index contributed by atoms with van der Waals surface area (Å²) in [5.74, 6) is 1.42. The first-order valence-corrected chi connectivity index (χ1v) is 8.67. The van der Waals surface area contributed by atoms with Gasteiger partial charge in [-0.25, -0.2) is 4.98 Å². The summed E-state index contributed by atoms with van der Waals surface area (Å²) in [7, 11) is 0. The van der Waals surface area contributed by atoms with Crippen molar-refractivity contribution in [1.82, 2.24) is 10.3 Å². The lowest BCUT2D eigenvalue weighted by Crippen LogP contribution is -2.36. The van der Waals surface area contributed by atoms with E-state index in [0.29, 0.717) is 12.4 Å². The second kappa shape index (κ2) is 7.46. The molecule has 0 aliphatic carbocycles. The lowest BCUT2D eigenvalue weighted by Gasteiger charge is -2.16. The van der Waals surface area contributed by atoms with Crippen LogP contribution in [0.15, 0.2) is 29.6 Å². The number of nitrogens with zero attached hydrogens (tertiary/aromatic N) is 1. The molecule has 1 aromatic heterocycles. The minimum absolute atomic E-state index is 0.0260. The molecule has 6 heteroatoms. The Morgan fingerprint density at radius 2 is 2.04 bits per heavy atom. The average molecular weight is 332 g/mol. The fourth-order valence-electron chi connectivity index (χ4n) is 2.42. The van der Waals surface area contributed by atoms with E-state index in [0.717, 1.165) is 42.3 Å². The smallest absolute Gasteiger partial charge is 0.261 e. The normalized spacial score (nSPS) is 18.1. The maximum absolute atomic E-state index is 11.9. The number of hydrogen-bond acceptors (Lipinski definition) is 5. The van der Waals surface area contributed by atoms with Crippen molar-refractivity contribution in [1.29, 1.82) is 0 Å². The van der Waals surface area contributed by atoms with Crippen molar-refractivity contribution in [3.8, 4) is 11.5 Å². The Balaban J connectivity index is 1.55. The zero-order chi connectivity index (χ0) is 16.1. The number of nitrogens with one attached hydrogen (secondary N) is 1. The SMILES string of the molecule is Cc1csc(COc2ccc(OC3CCCCNC3=O)cc2)n1. The molecule has 5 nitrogen and oxygen atoms in total. The van der Waals surface area contributed by atoms with Crippen LogP contribution in [0.1, 0.15) is 30.0 Å². The van der Waals surface area contributed by atoms with Gasteiger partial charge in [-0.1, -0.05) is 0 Å². The summed E-state index contributed by atoms with van der Waals surface area (Å²) in [4.78, 5) is 16.2. The van der Waals surface area contributed by atoms with Gasteiger partial charge in [0.2, 0.25) is 0 Å². The van der Waals surface area contributed by atoms with Gasteiger partial charge in [0.25, 0.3) is 5.91 Å². The number of rotatable bonds is 5. The molecule has 2 heterocycles. The third-order valence-corrected chi connectivity index (χ3v) is 4.56. The summed E-state index contributed by atoms with van der Waals surface area (Å²) in [6.07, 6.45) is 2.36. The molecule has 3 rings (SSSR count). The van der Waals surface area contributed by atoms with E-state index in [2.05, 4.69) is 10.3 Å². The van der Waals surface area contributed by atoms with Crippen LogP contribution in [0.2, 0.25) is 0 Å². The highest BCUT2D eigenvalue weighted by atomic mass is 32.1. The van der Waals surface area contributed by atoms with Crippen LogP contribution in [0.4, 0.5) is 0 Å². The maximum Gasteiger partial charge on any atom is 0.261 e. The highest BCUT2D eigenvalue weighted by Crippen LogP contribution is 2.22. The fourth-order valence-corrected chi connectivity index (χ4v) is 3.10. The third kappa shape index (κ3) is 4.45. The Labute approximate surface area is 139 Å². The molecule has 0 saturated carbocycles. The molecule has 1 aromatic carbocycles. The van der Waals surface area contributed by atoms with Gasteiger partial charge in [-0.3, -0.25) is 4.79 Å². The van der Waals surface area contributed by atoms with Crippen molar-refractivity contribution in [2.75, 3.05) is 6.54 Å². The first-order valence-electron chi connectivity index (χ1n) is 7.79. The molecule has 0 radical (unpaired) electrons. The lowest BCUT2D eigenvalue weighted by atomic mass is 10.2. The minimum atomic E-state index is -0.400. The topological polar surface area (TPSA) is 60.5 Å². The largest absolute Gasteiger partial charge is 0.486 e. The van der Waals surface area contributed by atoms with E-state index < -0.39 is 6.10 Å². The standard InChI is InChI=1S/C17H20N2O3S/c1-12-11-23-16(19-12)10-21-13-5-7-14(8-6-13)22-15-4-2-3-9-18-17(15)20/h5-8,11,15H,2-4,9-10H2,1H3,(H,18,20). The van der Waals surface area contributed by atoms with E-state index in [-0.39, 0.29) is 5.91 Å². The predicted octanol–water partition coefficient (Wildman–Crippen LogP) is 3.08. The van der Waals surface area contributed by atoms with Crippen LogP contribution in [0, 0.1) is 6.92 Å². The summed E-state index contributed by atoms with van der Waals surface area (Å²) in [5.41, 5.74) is 1.01. The van der Waals surface area contributed by atoms with E-state index in [9.17, 15) is 4.79 Å². The summed E-state index contributed by atoms with van der Waals surface area (Å²) >= 11 is 1.59. The van der Waals surface area contributed by atoms with Gasteiger partial charge < -0.3 is 14.8 Å². The van der Waals surface area contributed by atoms with Gasteiger partial charge >= 0.3 is 0 Å². The molecule has 1 fully saturated rings. The average Bonchev–Trinajstić information content (AvgIpc) is 2.87. The lowest BCUT2D eigenvalue weighted by molar-refractivity contribution is -0.127. The molecule has 1 atom stereocenters. The Morgan fingerprint density at radius 3 is 2.78 bits per heavy atom. The van der Waals surface area contributed by atoms with Crippen molar-refractivity contribution in [2.24, 2.45) is 0 Å². The molecule has 23 heavy (non-hydrogen) atoms. The summed E-state index contributed by atoms with van der Waals surface area (Å²) in [6.45, 7) is 3.17. The molecule has 1 unspecified atom stereocenters. The molecule has 1 aliphatic rings. The van der Waals surface area contributed by atoms with Gasteiger partial charge in [-0.05, 0) is 50.5 Å². The highest BCUT2D eigenvalue weighted by Gasteiger charge is 2.22. The number of aryl methyl sites for hydroxylation is 1. The van der Waals surface area contributed by atoms with Crippen LogP contribution >= 0.6 is 11.3 Å². The van der Waals surface area contributed by atoms with Crippen LogP contribution in [-0.2, 0) is 11.4 Å². The number of thiazole rings is 1. The van der Waals surface area contributed by atoms with Crippen molar-refractivity contribution in [3.63, 3.8) is 0 Å². The summed E-state index contributed by atoms with van der Waals surface area (Å²) < 4.78 is 11.5. The zero-order valence-corrected chi connectivity index (χ0v) is 13.9. The number of carbonyl (C=O) groups excluding carboxylic acids is 1. The van der Waals surface area contributed by atoms with Gasteiger partial charge in [-0.2, -0.15) is 0 Å². The van der Waals surface area contributed by atoms with Crippen LogP contribution < -0.4 is 14.8 Å². The van der Waals surface area contributed by atoms with Crippen molar-refractivity contribution < 1.29 is 14.3 Å². The van der Waals surface area contributed by atoms with Gasteiger partial charge in [0.15, 0.2) is 6.10 Å². The molecule has 122 valence electrons. The van der Waals surface area contributed by atoms with E-state index in [1.165, 1.54) is 0 Å². The summed E-state index contributed by atoms with van der Waals surface area (Å²) in [5, 5.41) is 5.84. The second-order valence-corrected chi connectivity index (χ2v) is 6.48. The number of amides is 1. The van der Waals surface area contributed by atoms with Gasteiger partial charge in [-0.15, -0.1) is 11.3 Å². The first kappa shape index (κ1) is 15.8. The highest BCUT2D eigenvalue weighted by molar-refractivity contribution is 7.09. The fraction of sp³-hybridized carbons (Fsp3) is 0.412. The molecule has 0 spiro atoms. The van der Waals surface area contributed by atoms with Gasteiger partial charge in [0, 0.05) is 17.6 Å². The van der Waals surface area contributed by atoms with E-state index in [1.54, 1.807) is 11.3 Å². The monoisotopic (exact) mass is 332 g/mol. The Bertz CT molecular complexity index is 654. The van der Waals surface area contributed by atoms with Gasteiger partial charge in [0.05, 0.1) is 0 Å². The van der Waals surface area contributed by atoms with E-state index in [4.69, 9.17) is 9.47 Å². The molecule has 1 saturated heterocycles. The molecule has 2 aromatic rings. The molecule has 0 bridgehead atoms. The Morgan fingerprint density at radius 1 is 1.26 bits per heavy atom. The van der Waals surface area contributed by atoms with Crippen molar-refractivity contribution >= 4 is 17.2 Å². The number of carbonyl (C=O) groups is 1. The number of benzene rings is 1. The molecule has 1 N–H and O–H groups in total. The number of hydrogen-bond donors (Lipinski definition) is 1. The first-order chi connectivity index (χ1) is 11.2. The second-order valence-electron chi connectivity index (χ2n) is 5.54. The molecular formula is C17H20N2O3S. The Hall–Kier alpha value is -2.08. The molecule has 1 aliphatic heterocycles. The number of ether oxygens (including phenoxy) is 2. The molecular weight excluding hydrogens is 312 g/mol. The third-order valence-electron chi connectivity index (χ3n) is 3.62. The predicted molar refractivity (Wildman–Crippen MR) is 88.9 cm³/mol. The molecule has 1 amide bonds. The van der Waals surface area contributed by atoms with Crippen LogP contribution in [0.3, 0.4) is 0 Å². The van der Waals surface area contributed by atoms with Crippen LogP contribution in [0.25, 0.3) is 0 Å². The number of aromatic nitrogens is 1. The maximum atomic E-state index is 11.9. The van der Waals surface area contributed by atoms with Crippen molar-refractivity contribution in [3.05, 3.63) is 40.3 Å². The van der Waals surface area contributed by atoms with Crippen LogP contribution in [-0.4, -0.2) is 23.5 Å². The van der Waals surface area contributed by atoms with Crippen molar-refractivity contribution in [2.45, 2.75) is 38.9 Å². The quantitative estimate of drug-likeness (QED) is 0.914. The minimum Gasteiger partial charge on any atom is -0.486 e. The van der Waals surface area contributed by atoms with E-state index >= 15 is 0 Å². The van der Waals surface area contributed by atoms with E-state index in [1.807, 2.05) is 36.6 Å².